The summed E-state index contributed by atoms with van der Waals surface area (Å²) >= 11 is 0. The first-order chi connectivity index (χ1) is 14.4. The summed E-state index contributed by atoms with van der Waals surface area (Å²) in [6.45, 7) is 1.73. The number of ether oxygens (including phenoxy) is 1. The zero-order valence-corrected chi connectivity index (χ0v) is 17.3. The Morgan fingerprint density at radius 2 is 1.57 bits per heavy atom. The Labute approximate surface area is 176 Å². The topological polar surface area (TPSA) is 80.7 Å². The van der Waals surface area contributed by atoms with E-state index in [1.165, 1.54) is 0 Å². The lowest BCUT2D eigenvalue weighted by atomic mass is 9.75. The second-order valence-electron chi connectivity index (χ2n) is 7.56. The second-order valence-corrected chi connectivity index (χ2v) is 7.56. The Morgan fingerprint density at radius 1 is 0.933 bits per heavy atom. The monoisotopic (exact) mass is 406 g/mol. The number of hydrogen-bond acceptors (Lipinski definition) is 4. The predicted molar refractivity (Wildman–Crippen MR) is 114 cm³/mol. The molecule has 3 rings (SSSR count). The van der Waals surface area contributed by atoms with Crippen molar-refractivity contribution in [2.24, 2.45) is 0 Å². The summed E-state index contributed by atoms with van der Waals surface area (Å²) < 4.78 is 5.25. The van der Waals surface area contributed by atoms with Crippen LogP contribution in [-0.4, -0.2) is 29.8 Å². The molecule has 0 aliphatic heterocycles. The van der Waals surface area contributed by atoms with Gasteiger partial charge in [0.1, 0.15) is 5.75 Å². The van der Waals surface area contributed by atoms with Crippen molar-refractivity contribution in [2.45, 2.75) is 44.9 Å². The maximum absolute atomic E-state index is 13.4. The van der Waals surface area contributed by atoms with E-state index < -0.39 is 5.97 Å². The van der Waals surface area contributed by atoms with Gasteiger partial charge in [0.15, 0.2) is 11.6 Å². The number of unbranched alkanes of at least 4 members (excludes halogenated alkanes) is 2. The molecule has 1 N–H and O–H groups in total. The first-order valence-corrected chi connectivity index (χ1v) is 10.2. The third kappa shape index (κ3) is 4.51. The van der Waals surface area contributed by atoms with Crippen molar-refractivity contribution in [1.29, 1.82) is 0 Å². The van der Waals surface area contributed by atoms with Gasteiger partial charge in [-0.3, -0.25) is 14.4 Å². The van der Waals surface area contributed by atoms with Gasteiger partial charge in [-0.25, -0.2) is 0 Å². The SMILES string of the molecule is COc1ccc(C(CCCCCC(=O)O)C2=C(C)C(=O)c3ccccc3C2=O)cc1. The largest absolute Gasteiger partial charge is 0.497 e. The molecule has 0 saturated carbocycles. The van der Waals surface area contributed by atoms with Gasteiger partial charge in [-0.1, -0.05) is 49.2 Å². The number of carboxylic acid groups (broad SMARTS) is 1. The summed E-state index contributed by atoms with van der Waals surface area (Å²) in [6, 6.07) is 14.5. The first-order valence-electron chi connectivity index (χ1n) is 10.2. The molecule has 1 unspecified atom stereocenters. The number of aliphatic carboxylic acids is 1. The number of allylic oxidation sites excluding steroid dienone is 2. The lowest BCUT2D eigenvalue weighted by Crippen LogP contribution is -2.24. The molecule has 0 amide bonds. The molecule has 2 aromatic carbocycles. The van der Waals surface area contributed by atoms with Gasteiger partial charge >= 0.3 is 5.97 Å². The van der Waals surface area contributed by atoms with E-state index in [-0.39, 0.29) is 23.9 Å². The third-order valence-corrected chi connectivity index (χ3v) is 5.66. The van der Waals surface area contributed by atoms with Gasteiger partial charge in [0.05, 0.1) is 7.11 Å². The van der Waals surface area contributed by atoms with E-state index in [1.807, 2.05) is 24.3 Å². The summed E-state index contributed by atoms with van der Waals surface area (Å²) in [6.07, 6.45) is 2.92. The summed E-state index contributed by atoms with van der Waals surface area (Å²) in [7, 11) is 1.60. The number of benzene rings is 2. The molecule has 2 aromatic rings. The molecule has 5 heteroatoms. The Bertz CT molecular complexity index is 985. The van der Waals surface area contributed by atoms with Crippen molar-refractivity contribution in [1.82, 2.24) is 0 Å². The van der Waals surface area contributed by atoms with Crippen molar-refractivity contribution >= 4 is 17.5 Å². The summed E-state index contributed by atoms with van der Waals surface area (Å²) in [4.78, 5) is 37.1. The quantitative estimate of drug-likeness (QED) is 0.578. The maximum Gasteiger partial charge on any atom is 0.303 e. The minimum atomic E-state index is -0.801. The molecule has 0 saturated heterocycles. The summed E-state index contributed by atoms with van der Waals surface area (Å²) in [5, 5.41) is 8.84. The Kier molecular flexibility index (Phi) is 6.83. The average Bonchev–Trinajstić information content (AvgIpc) is 2.76. The minimum Gasteiger partial charge on any atom is -0.497 e. The average molecular weight is 406 g/mol. The number of carbonyl (C=O) groups is 3. The number of Topliss-reactive ketones (excluding diaryl/α,β-unsaturated/α-hetero) is 2. The zero-order chi connectivity index (χ0) is 21.7. The molecule has 0 bridgehead atoms. The molecule has 5 nitrogen and oxygen atoms in total. The fraction of sp³-hybridized carbons (Fsp3) is 0.320. The minimum absolute atomic E-state index is 0.103. The number of methoxy groups -OCH3 is 1. The molecular weight excluding hydrogens is 380 g/mol. The van der Waals surface area contributed by atoms with Crippen LogP contribution in [0.3, 0.4) is 0 Å². The Morgan fingerprint density at radius 3 is 2.17 bits per heavy atom. The van der Waals surface area contributed by atoms with E-state index in [4.69, 9.17) is 9.84 Å². The van der Waals surface area contributed by atoms with Crippen molar-refractivity contribution in [3.63, 3.8) is 0 Å². The molecule has 1 aliphatic rings. The van der Waals surface area contributed by atoms with Crippen molar-refractivity contribution in [3.8, 4) is 5.75 Å². The molecule has 0 fully saturated rings. The number of rotatable bonds is 9. The summed E-state index contributed by atoms with van der Waals surface area (Å²) in [5.74, 6) is -0.518. The molecule has 1 aliphatic carbocycles. The van der Waals surface area contributed by atoms with E-state index >= 15 is 0 Å². The van der Waals surface area contributed by atoms with Crippen LogP contribution in [0.5, 0.6) is 5.75 Å². The number of fused-ring (bicyclic) bond motifs is 1. The number of hydrogen-bond donors (Lipinski definition) is 1. The van der Waals surface area contributed by atoms with Gasteiger partial charge in [0.25, 0.3) is 0 Å². The molecule has 0 aromatic heterocycles. The Hall–Kier alpha value is -3.21. The highest BCUT2D eigenvalue weighted by Crippen LogP contribution is 2.38. The van der Waals surface area contributed by atoms with E-state index in [1.54, 1.807) is 38.3 Å². The fourth-order valence-electron chi connectivity index (χ4n) is 4.05. The van der Waals surface area contributed by atoms with E-state index in [0.29, 0.717) is 35.1 Å². The van der Waals surface area contributed by atoms with Crippen LogP contribution in [-0.2, 0) is 4.79 Å². The van der Waals surface area contributed by atoms with Crippen LogP contribution in [0.4, 0.5) is 0 Å². The standard InChI is InChI=1S/C25H26O5/c1-16-23(25(29)21-10-7-6-9-20(21)24(16)28)19(8-4-3-5-11-22(26)27)17-12-14-18(30-2)15-13-17/h6-7,9-10,12-15,19H,3-5,8,11H2,1-2H3,(H,26,27). The highest BCUT2D eigenvalue weighted by atomic mass is 16.5. The van der Waals surface area contributed by atoms with Crippen LogP contribution in [0.1, 0.15) is 71.2 Å². The van der Waals surface area contributed by atoms with Gasteiger partial charge in [0, 0.05) is 34.6 Å². The van der Waals surface area contributed by atoms with Gasteiger partial charge < -0.3 is 9.84 Å². The van der Waals surface area contributed by atoms with Gasteiger partial charge in [-0.15, -0.1) is 0 Å². The zero-order valence-electron chi connectivity index (χ0n) is 17.3. The van der Waals surface area contributed by atoms with Crippen LogP contribution in [0.2, 0.25) is 0 Å². The van der Waals surface area contributed by atoms with Crippen LogP contribution < -0.4 is 4.74 Å². The molecule has 0 spiro atoms. The Balaban J connectivity index is 1.94. The van der Waals surface area contributed by atoms with Crippen molar-refractivity contribution < 1.29 is 24.2 Å². The van der Waals surface area contributed by atoms with Gasteiger partial charge in [-0.2, -0.15) is 0 Å². The molecule has 0 heterocycles. The molecular formula is C25H26O5. The lowest BCUT2D eigenvalue weighted by molar-refractivity contribution is -0.137. The number of ketones is 2. The molecule has 156 valence electrons. The third-order valence-electron chi connectivity index (χ3n) is 5.66. The van der Waals surface area contributed by atoms with E-state index in [2.05, 4.69) is 0 Å². The molecule has 0 radical (unpaired) electrons. The fourth-order valence-corrected chi connectivity index (χ4v) is 4.05. The highest BCUT2D eigenvalue weighted by molar-refractivity contribution is 6.27. The number of carbonyl (C=O) groups excluding carboxylic acids is 2. The summed E-state index contributed by atoms with van der Waals surface area (Å²) in [5.41, 5.74) is 2.89. The normalized spacial score (nSPS) is 14.5. The van der Waals surface area contributed by atoms with Crippen LogP contribution >= 0.6 is 0 Å². The van der Waals surface area contributed by atoms with Crippen molar-refractivity contribution in [2.75, 3.05) is 7.11 Å². The number of carboxylic acids is 1. The van der Waals surface area contributed by atoms with E-state index in [0.717, 1.165) is 24.2 Å². The smallest absolute Gasteiger partial charge is 0.303 e. The van der Waals surface area contributed by atoms with Crippen LogP contribution in [0.25, 0.3) is 0 Å². The second kappa shape index (κ2) is 9.53. The highest BCUT2D eigenvalue weighted by Gasteiger charge is 2.34. The van der Waals surface area contributed by atoms with Crippen LogP contribution in [0.15, 0.2) is 59.7 Å². The molecule has 1 atom stereocenters. The van der Waals surface area contributed by atoms with Gasteiger partial charge in [-0.05, 0) is 37.5 Å². The molecule has 30 heavy (non-hydrogen) atoms. The lowest BCUT2D eigenvalue weighted by Gasteiger charge is -2.26. The van der Waals surface area contributed by atoms with E-state index in [9.17, 15) is 14.4 Å². The predicted octanol–water partition coefficient (Wildman–Crippen LogP) is 5.21. The first kappa shape index (κ1) is 21.5. The maximum atomic E-state index is 13.4. The van der Waals surface area contributed by atoms with Gasteiger partial charge in [0.2, 0.25) is 0 Å². The van der Waals surface area contributed by atoms with Crippen LogP contribution in [0, 0.1) is 0 Å². The van der Waals surface area contributed by atoms with Crippen molar-refractivity contribution in [3.05, 3.63) is 76.4 Å².